The van der Waals surface area contributed by atoms with E-state index in [2.05, 4.69) is 6.07 Å². The summed E-state index contributed by atoms with van der Waals surface area (Å²) in [4.78, 5) is 12.4. The summed E-state index contributed by atoms with van der Waals surface area (Å²) in [6.45, 7) is 3.86. The lowest BCUT2D eigenvalue weighted by Gasteiger charge is -2.37. The van der Waals surface area contributed by atoms with Crippen LogP contribution in [0, 0.1) is 25.7 Å². The van der Waals surface area contributed by atoms with E-state index in [0.717, 1.165) is 61.5 Å². The van der Waals surface area contributed by atoms with Crippen LogP contribution in [-0.4, -0.2) is 30.1 Å². The van der Waals surface area contributed by atoms with Crippen LogP contribution < -0.4 is 0 Å². The minimum absolute atomic E-state index is 0.0635. The first kappa shape index (κ1) is 19.4. The van der Waals surface area contributed by atoms with Crippen molar-refractivity contribution in [1.82, 2.24) is 0 Å². The molecular formula is C22H32O4. The van der Waals surface area contributed by atoms with E-state index >= 15 is 0 Å². The SMILES string of the molecule is Cc1cc(C)cc(C(=O)OC2CCC(C3CCC(OCO)CC3)CC2)c1. The zero-order valence-corrected chi connectivity index (χ0v) is 16.1. The van der Waals surface area contributed by atoms with Gasteiger partial charge >= 0.3 is 5.97 Å². The predicted molar refractivity (Wildman–Crippen MR) is 101 cm³/mol. The van der Waals surface area contributed by atoms with E-state index in [0.29, 0.717) is 5.56 Å². The fraction of sp³-hybridized carbons (Fsp3) is 0.682. The van der Waals surface area contributed by atoms with Crippen LogP contribution in [-0.2, 0) is 9.47 Å². The molecule has 2 aliphatic carbocycles. The topological polar surface area (TPSA) is 55.8 Å². The molecule has 0 aliphatic heterocycles. The van der Waals surface area contributed by atoms with E-state index in [4.69, 9.17) is 14.6 Å². The molecule has 1 N–H and O–H groups in total. The van der Waals surface area contributed by atoms with Crippen molar-refractivity contribution in [3.05, 3.63) is 34.9 Å². The van der Waals surface area contributed by atoms with Crippen molar-refractivity contribution >= 4 is 5.97 Å². The summed E-state index contributed by atoms with van der Waals surface area (Å²) >= 11 is 0. The van der Waals surface area contributed by atoms with Gasteiger partial charge in [-0.05, 0) is 89.2 Å². The van der Waals surface area contributed by atoms with Gasteiger partial charge in [0.15, 0.2) is 0 Å². The molecule has 4 nitrogen and oxygen atoms in total. The molecule has 3 rings (SSSR count). The minimum atomic E-state index is -0.179. The van der Waals surface area contributed by atoms with Crippen molar-refractivity contribution in [2.75, 3.05) is 6.79 Å². The highest BCUT2D eigenvalue weighted by Gasteiger charge is 2.32. The molecule has 2 fully saturated rings. The van der Waals surface area contributed by atoms with Crippen LogP contribution in [0.5, 0.6) is 0 Å². The first-order chi connectivity index (χ1) is 12.5. The number of hydrogen-bond acceptors (Lipinski definition) is 4. The molecule has 144 valence electrons. The highest BCUT2D eigenvalue weighted by molar-refractivity contribution is 5.90. The normalized spacial score (nSPS) is 29.3. The second-order valence-corrected chi connectivity index (χ2v) is 8.15. The number of carbonyl (C=O) groups excluding carboxylic acids is 1. The molecule has 0 saturated heterocycles. The molecule has 0 heterocycles. The Bertz CT molecular complexity index is 576. The van der Waals surface area contributed by atoms with Gasteiger partial charge in [-0.3, -0.25) is 0 Å². The highest BCUT2D eigenvalue weighted by Crippen LogP contribution is 2.39. The minimum Gasteiger partial charge on any atom is -0.459 e. The maximum Gasteiger partial charge on any atom is 0.338 e. The zero-order valence-electron chi connectivity index (χ0n) is 16.1. The molecule has 2 aliphatic rings. The van der Waals surface area contributed by atoms with E-state index in [9.17, 15) is 4.79 Å². The van der Waals surface area contributed by atoms with Crippen LogP contribution in [0.4, 0.5) is 0 Å². The molecule has 0 atom stereocenters. The second kappa shape index (κ2) is 9.01. The molecule has 1 aromatic carbocycles. The maximum absolute atomic E-state index is 12.4. The number of hydrogen-bond donors (Lipinski definition) is 1. The van der Waals surface area contributed by atoms with Gasteiger partial charge < -0.3 is 14.6 Å². The van der Waals surface area contributed by atoms with Crippen LogP contribution in [0.3, 0.4) is 0 Å². The number of aliphatic hydroxyl groups is 1. The summed E-state index contributed by atoms with van der Waals surface area (Å²) in [5.74, 6) is 1.34. The number of aryl methyl sites for hydroxylation is 2. The first-order valence-corrected chi connectivity index (χ1v) is 10.1. The van der Waals surface area contributed by atoms with Gasteiger partial charge in [0.05, 0.1) is 11.7 Å². The van der Waals surface area contributed by atoms with Crippen LogP contribution >= 0.6 is 0 Å². The average molecular weight is 360 g/mol. The summed E-state index contributed by atoms with van der Waals surface area (Å²) in [6, 6.07) is 5.89. The van der Waals surface area contributed by atoms with E-state index in [1.807, 2.05) is 26.0 Å². The number of ether oxygens (including phenoxy) is 2. The van der Waals surface area contributed by atoms with E-state index in [1.165, 1.54) is 12.8 Å². The summed E-state index contributed by atoms with van der Waals surface area (Å²) in [5, 5.41) is 8.88. The number of carbonyl (C=O) groups is 1. The van der Waals surface area contributed by atoms with Crippen LogP contribution in [0.1, 0.15) is 72.9 Å². The van der Waals surface area contributed by atoms with Gasteiger partial charge in [0, 0.05) is 0 Å². The quantitative estimate of drug-likeness (QED) is 0.618. The zero-order chi connectivity index (χ0) is 18.5. The Balaban J connectivity index is 1.44. The average Bonchev–Trinajstić information content (AvgIpc) is 2.62. The molecule has 1 aromatic rings. The van der Waals surface area contributed by atoms with Crippen molar-refractivity contribution < 1.29 is 19.4 Å². The Labute approximate surface area is 156 Å². The van der Waals surface area contributed by atoms with Gasteiger partial charge in [0.1, 0.15) is 12.9 Å². The summed E-state index contributed by atoms with van der Waals surface area (Å²) in [6.07, 6.45) is 9.09. The molecule has 0 spiro atoms. The Morgan fingerprint density at radius 2 is 1.38 bits per heavy atom. The molecule has 2 saturated carbocycles. The summed E-state index contributed by atoms with van der Waals surface area (Å²) in [7, 11) is 0. The standard InChI is InChI=1S/C22H32O4/c1-15-11-16(2)13-19(12-15)22(24)26-21-9-5-18(6-10-21)17-3-7-20(8-4-17)25-14-23/h11-13,17-18,20-21,23H,3-10,14H2,1-2H3. The van der Waals surface area contributed by atoms with Gasteiger partial charge in [0.2, 0.25) is 0 Å². The number of aliphatic hydroxyl groups excluding tert-OH is 1. The van der Waals surface area contributed by atoms with Gasteiger partial charge in [-0.25, -0.2) is 4.79 Å². The Morgan fingerprint density at radius 3 is 1.88 bits per heavy atom. The predicted octanol–water partition coefficient (Wildman–Crippen LogP) is 4.54. The first-order valence-electron chi connectivity index (χ1n) is 10.1. The van der Waals surface area contributed by atoms with E-state index in [1.54, 1.807) is 0 Å². The van der Waals surface area contributed by atoms with Crippen molar-refractivity contribution in [2.45, 2.75) is 77.4 Å². The lowest BCUT2D eigenvalue weighted by molar-refractivity contribution is -0.0716. The molecule has 0 amide bonds. The van der Waals surface area contributed by atoms with Gasteiger partial charge in [0.25, 0.3) is 0 Å². The highest BCUT2D eigenvalue weighted by atomic mass is 16.6. The van der Waals surface area contributed by atoms with E-state index in [-0.39, 0.29) is 25.0 Å². The van der Waals surface area contributed by atoms with Gasteiger partial charge in [-0.15, -0.1) is 0 Å². The molecule has 0 radical (unpaired) electrons. The Morgan fingerprint density at radius 1 is 0.885 bits per heavy atom. The lowest BCUT2D eigenvalue weighted by atomic mass is 9.72. The van der Waals surface area contributed by atoms with Crippen LogP contribution in [0.15, 0.2) is 18.2 Å². The van der Waals surface area contributed by atoms with Crippen molar-refractivity contribution in [1.29, 1.82) is 0 Å². The monoisotopic (exact) mass is 360 g/mol. The van der Waals surface area contributed by atoms with E-state index < -0.39 is 0 Å². The number of benzene rings is 1. The molecule has 0 aromatic heterocycles. The smallest absolute Gasteiger partial charge is 0.338 e. The molecule has 0 unspecified atom stereocenters. The molecular weight excluding hydrogens is 328 g/mol. The Kier molecular flexibility index (Phi) is 6.71. The number of esters is 1. The fourth-order valence-electron chi connectivity index (χ4n) is 4.82. The second-order valence-electron chi connectivity index (χ2n) is 8.15. The largest absolute Gasteiger partial charge is 0.459 e. The third-order valence-electron chi connectivity index (χ3n) is 6.15. The van der Waals surface area contributed by atoms with Crippen LogP contribution in [0.2, 0.25) is 0 Å². The lowest BCUT2D eigenvalue weighted by Crippen LogP contribution is -2.31. The summed E-state index contributed by atoms with van der Waals surface area (Å²) in [5.41, 5.74) is 2.87. The van der Waals surface area contributed by atoms with Crippen LogP contribution in [0.25, 0.3) is 0 Å². The third-order valence-corrected chi connectivity index (χ3v) is 6.15. The van der Waals surface area contributed by atoms with Crippen molar-refractivity contribution in [3.63, 3.8) is 0 Å². The fourth-order valence-corrected chi connectivity index (χ4v) is 4.82. The maximum atomic E-state index is 12.4. The third kappa shape index (κ3) is 5.08. The molecule has 26 heavy (non-hydrogen) atoms. The summed E-state index contributed by atoms with van der Waals surface area (Å²) < 4.78 is 11.1. The van der Waals surface area contributed by atoms with Gasteiger partial charge in [-0.2, -0.15) is 0 Å². The van der Waals surface area contributed by atoms with Crippen molar-refractivity contribution in [2.24, 2.45) is 11.8 Å². The number of rotatable bonds is 5. The Hall–Kier alpha value is -1.39. The van der Waals surface area contributed by atoms with Gasteiger partial charge in [-0.1, -0.05) is 17.2 Å². The molecule has 4 heteroatoms. The molecule has 0 bridgehead atoms. The van der Waals surface area contributed by atoms with Crippen molar-refractivity contribution in [3.8, 4) is 0 Å².